The first kappa shape index (κ1) is 14.9. The fourth-order valence-electron chi connectivity index (χ4n) is 2.04. The average molecular weight is 324 g/mol. The molecular formula is C18H16N2S2. The summed E-state index contributed by atoms with van der Waals surface area (Å²) < 4.78 is 1.01. The number of nitrogens with zero attached hydrogens (tertiary/aromatic N) is 1. The average Bonchev–Trinajstić information content (AvgIpc) is 2.94. The summed E-state index contributed by atoms with van der Waals surface area (Å²) in [6, 6.07) is 20.4. The number of aromatic nitrogens is 1. The molecule has 1 heterocycles. The summed E-state index contributed by atoms with van der Waals surface area (Å²) in [6.07, 6.45) is 4.28. The molecule has 0 bridgehead atoms. The highest BCUT2D eigenvalue weighted by Crippen LogP contribution is 2.35. The van der Waals surface area contributed by atoms with Crippen LogP contribution in [0.2, 0.25) is 0 Å². The highest BCUT2D eigenvalue weighted by Gasteiger charge is 2.10. The molecule has 0 amide bonds. The quantitative estimate of drug-likeness (QED) is 0.656. The Labute approximate surface area is 138 Å². The van der Waals surface area contributed by atoms with Gasteiger partial charge in [-0.25, -0.2) is 4.98 Å². The van der Waals surface area contributed by atoms with Gasteiger partial charge in [0.15, 0.2) is 4.34 Å². The van der Waals surface area contributed by atoms with Gasteiger partial charge in [-0.3, -0.25) is 0 Å². The van der Waals surface area contributed by atoms with Crippen LogP contribution < -0.4 is 5.73 Å². The van der Waals surface area contributed by atoms with Crippen LogP contribution in [0.1, 0.15) is 5.56 Å². The first-order chi connectivity index (χ1) is 10.8. The number of nitrogens with two attached hydrogens (primary N) is 1. The summed E-state index contributed by atoms with van der Waals surface area (Å²) in [4.78, 5) is 4.65. The summed E-state index contributed by atoms with van der Waals surface area (Å²) in [5.74, 6) is 0.885. The molecule has 1 aromatic heterocycles. The van der Waals surface area contributed by atoms with E-state index in [1.807, 2.05) is 48.5 Å². The normalized spacial score (nSPS) is 11.1. The molecule has 0 aliphatic rings. The Morgan fingerprint density at radius 1 is 1.00 bits per heavy atom. The molecule has 0 radical (unpaired) electrons. The molecule has 4 heteroatoms. The van der Waals surface area contributed by atoms with E-state index in [4.69, 9.17) is 5.73 Å². The topological polar surface area (TPSA) is 38.9 Å². The molecule has 0 aliphatic heterocycles. The molecule has 0 saturated heterocycles. The number of thiazole rings is 1. The van der Waals surface area contributed by atoms with E-state index in [0.29, 0.717) is 0 Å². The molecule has 2 aromatic carbocycles. The number of nitrogen functional groups attached to an aromatic ring is 1. The smallest absolute Gasteiger partial charge is 0.152 e. The van der Waals surface area contributed by atoms with Gasteiger partial charge in [-0.1, -0.05) is 95.9 Å². The van der Waals surface area contributed by atoms with Crippen LogP contribution in [-0.4, -0.2) is 10.7 Å². The monoisotopic (exact) mass is 324 g/mol. The van der Waals surface area contributed by atoms with Crippen molar-refractivity contribution in [3.05, 3.63) is 72.3 Å². The summed E-state index contributed by atoms with van der Waals surface area (Å²) in [5, 5.41) is 0.778. The largest absolute Gasteiger partial charge is 0.389 e. The summed E-state index contributed by atoms with van der Waals surface area (Å²) in [5.41, 5.74) is 9.27. The number of hydrogen-bond donors (Lipinski definition) is 1. The van der Waals surface area contributed by atoms with Gasteiger partial charge in [-0.15, -0.1) is 0 Å². The number of hydrogen-bond acceptors (Lipinski definition) is 4. The van der Waals surface area contributed by atoms with E-state index in [0.717, 1.165) is 26.4 Å². The van der Waals surface area contributed by atoms with Gasteiger partial charge in [0.05, 0.1) is 0 Å². The van der Waals surface area contributed by atoms with Gasteiger partial charge in [0, 0.05) is 11.3 Å². The van der Waals surface area contributed by atoms with Crippen molar-refractivity contribution in [1.29, 1.82) is 0 Å². The van der Waals surface area contributed by atoms with Crippen LogP contribution in [0.3, 0.4) is 0 Å². The third-order valence-corrected chi connectivity index (χ3v) is 5.07. The Hall–Kier alpha value is -2.04. The van der Waals surface area contributed by atoms with E-state index in [2.05, 4.69) is 29.3 Å². The summed E-state index contributed by atoms with van der Waals surface area (Å²) in [6.45, 7) is 0. The molecule has 0 aliphatic carbocycles. The van der Waals surface area contributed by atoms with Crippen LogP contribution in [-0.2, 0) is 0 Å². The number of anilines is 1. The van der Waals surface area contributed by atoms with Crippen molar-refractivity contribution in [3.63, 3.8) is 0 Å². The van der Waals surface area contributed by atoms with Crippen molar-refractivity contribution in [2.75, 3.05) is 11.5 Å². The number of rotatable bonds is 5. The molecule has 0 atom stereocenters. The second-order valence-electron chi connectivity index (χ2n) is 4.68. The lowest BCUT2D eigenvalue weighted by Crippen LogP contribution is -1.84. The summed E-state index contributed by atoms with van der Waals surface area (Å²) in [7, 11) is 0. The predicted octanol–water partition coefficient (Wildman–Crippen LogP) is 5.20. The standard InChI is InChI=1S/C18H16N2S2/c19-17-16(15-11-5-2-6-12-15)20-18(22-17)21-13-7-10-14-8-3-1-4-9-14/h1-12H,13,19H2/b10-7+. The molecule has 110 valence electrons. The van der Waals surface area contributed by atoms with Crippen LogP contribution in [0.4, 0.5) is 5.00 Å². The Morgan fingerprint density at radius 2 is 1.68 bits per heavy atom. The first-order valence-electron chi connectivity index (χ1n) is 6.99. The molecule has 2 nitrogen and oxygen atoms in total. The van der Waals surface area contributed by atoms with Crippen molar-refractivity contribution in [1.82, 2.24) is 4.98 Å². The zero-order chi connectivity index (χ0) is 15.2. The lowest BCUT2D eigenvalue weighted by Gasteiger charge is -1.96. The molecule has 2 N–H and O–H groups in total. The molecule has 22 heavy (non-hydrogen) atoms. The second kappa shape index (κ2) is 7.29. The van der Waals surface area contributed by atoms with Crippen molar-refractivity contribution in [3.8, 4) is 11.3 Å². The highest BCUT2D eigenvalue weighted by molar-refractivity contribution is 8.01. The lowest BCUT2D eigenvalue weighted by molar-refractivity contribution is 1.26. The van der Waals surface area contributed by atoms with Gasteiger partial charge in [0.2, 0.25) is 0 Å². The summed E-state index contributed by atoms with van der Waals surface area (Å²) >= 11 is 3.26. The third kappa shape index (κ3) is 3.78. The van der Waals surface area contributed by atoms with E-state index in [1.165, 1.54) is 5.56 Å². The molecule has 0 saturated carbocycles. The fraction of sp³-hybridized carbons (Fsp3) is 0.0556. The van der Waals surface area contributed by atoms with Crippen molar-refractivity contribution in [2.45, 2.75) is 4.34 Å². The first-order valence-corrected chi connectivity index (χ1v) is 8.79. The third-order valence-electron chi connectivity index (χ3n) is 3.09. The fourth-order valence-corrected chi connectivity index (χ4v) is 3.83. The lowest BCUT2D eigenvalue weighted by atomic mass is 10.2. The zero-order valence-corrected chi connectivity index (χ0v) is 13.6. The molecular weight excluding hydrogens is 308 g/mol. The maximum atomic E-state index is 6.09. The molecule has 3 aromatic rings. The minimum absolute atomic E-state index is 0.778. The van der Waals surface area contributed by atoms with Crippen molar-refractivity contribution < 1.29 is 0 Å². The van der Waals surface area contributed by atoms with E-state index in [1.54, 1.807) is 23.1 Å². The molecule has 0 unspecified atom stereocenters. The Balaban J connectivity index is 1.63. The van der Waals surface area contributed by atoms with Crippen LogP contribution >= 0.6 is 23.1 Å². The predicted molar refractivity (Wildman–Crippen MR) is 98.2 cm³/mol. The van der Waals surface area contributed by atoms with Gasteiger partial charge < -0.3 is 5.73 Å². The van der Waals surface area contributed by atoms with E-state index in [-0.39, 0.29) is 0 Å². The van der Waals surface area contributed by atoms with Gasteiger partial charge >= 0.3 is 0 Å². The minimum atomic E-state index is 0.778. The van der Waals surface area contributed by atoms with Crippen molar-refractivity contribution >= 4 is 34.2 Å². The Bertz CT molecular complexity index is 749. The Kier molecular flexibility index (Phi) is 4.93. The van der Waals surface area contributed by atoms with Crippen LogP contribution in [0.5, 0.6) is 0 Å². The number of thioether (sulfide) groups is 1. The molecule has 0 fully saturated rings. The van der Waals surface area contributed by atoms with Gasteiger partial charge in [-0.05, 0) is 5.56 Å². The van der Waals surface area contributed by atoms with Crippen molar-refractivity contribution in [2.24, 2.45) is 0 Å². The van der Waals surface area contributed by atoms with Gasteiger partial charge in [-0.2, -0.15) is 0 Å². The van der Waals surface area contributed by atoms with E-state index < -0.39 is 0 Å². The van der Waals surface area contributed by atoms with Gasteiger partial charge in [0.1, 0.15) is 10.7 Å². The maximum absolute atomic E-state index is 6.09. The van der Waals surface area contributed by atoms with Crippen LogP contribution in [0.15, 0.2) is 71.1 Å². The maximum Gasteiger partial charge on any atom is 0.152 e. The van der Waals surface area contributed by atoms with Crippen LogP contribution in [0.25, 0.3) is 17.3 Å². The minimum Gasteiger partial charge on any atom is -0.389 e. The molecule has 0 spiro atoms. The zero-order valence-electron chi connectivity index (χ0n) is 12.0. The Morgan fingerprint density at radius 3 is 2.41 bits per heavy atom. The van der Waals surface area contributed by atoms with Crippen LogP contribution in [0, 0.1) is 0 Å². The number of benzene rings is 2. The SMILES string of the molecule is Nc1sc(SC/C=C/c2ccccc2)nc1-c1ccccc1. The highest BCUT2D eigenvalue weighted by atomic mass is 32.2. The molecule has 3 rings (SSSR count). The van der Waals surface area contributed by atoms with Gasteiger partial charge in [0.25, 0.3) is 0 Å². The van der Waals surface area contributed by atoms with E-state index in [9.17, 15) is 0 Å². The van der Waals surface area contributed by atoms with E-state index >= 15 is 0 Å². The second-order valence-corrected chi connectivity index (χ2v) is 6.98.